The molecule has 1 aromatic heterocycles. The van der Waals surface area contributed by atoms with Crippen LogP contribution < -0.4 is 0 Å². The Morgan fingerprint density at radius 1 is 0.864 bits per heavy atom. The van der Waals surface area contributed by atoms with E-state index in [9.17, 15) is 0 Å². The lowest BCUT2D eigenvalue weighted by Crippen LogP contribution is -2.47. The molecule has 0 N–H and O–H groups in total. The van der Waals surface area contributed by atoms with E-state index < -0.39 is 0 Å². The van der Waals surface area contributed by atoms with Gasteiger partial charge in [-0.15, -0.1) is 0 Å². The summed E-state index contributed by atoms with van der Waals surface area (Å²) in [5, 5.41) is 0. The third kappa shape index (κ3) is 4.68. The zero-order chi connectivity index (χ0) is 15.0. The van der Waals surface area contributed by atoms with E-state index in [1.54, 1.807) is 0 Å². The van der Waals surface area contributed by atoms with Gasteiger partial charge in [0.15, 0.2) is 0 Å². The van der Waals surface area contributed by atoms with Gasteiger partial charge in [0.05, 0.1) is 6.33 Å². The predicted octanol–water partition coefficient (Wildman–Crippen LogP) is 2.13. The van der Waals surface area contributed by atoms with Crippen molar-refractivity contribution in [2.45, 2.75) is 19.4 Å². The highest BCUT2D eigenvalue weighted by molar-refractivity contribution is 5.14. The van der Waals surface area contributed by atoms with E-state index in [-0.39, 0.29) is 0 Å². The molecule has 0 atom stereocenters. The van der Waals surface area contributed by atoms with Crippen molar-refractivity contribution in [3.05, 3.63) is 54.6 Å². The Hall–Kier alpha value is -1.65. The molecule has 1 aromatic carbocycles. The SMILES string of the molecule is c1ccc(CCN2CCN(CCCn3ccnc3)CC2)cc1. The smallest absolute Gasteiger partial charge is 0.0945 e. The monoisotopic (exact) mass is 298 g/mol. The van der Waals surface area contributed by atoms with Crippen molar-refractivity contribution in [1.82, 2.24) is 19.4 Å². The molecule has 1 aliphatic rings. The average Bonchev–Trinajstić information content (AvgIpc) is 3.08. The molecule has 0 aliphatic carbocycles. The van der Waals surface area contributed by atoms with Crippen molar-refractivity contribution in [3.63, 3.8) is 0 Å². The summed E-state index contributed by atoms with van der Waals surface area (Å²) in [6.07, 6.45) is 8.18. The second kappa shape index (κ2) is 8.11. The first-order valence-electron chi connectivity index (χ1n) is 8.34. The molecule has 2 aromatic rings. The summed E-state index contributed by atoms with van der Waals surface area (Å²) in [6, 6.07) is 10.8. The van der Waals surface area contributed by atoms with Crippen LogP contribution in [0.25, 0.3) is 0 Å². The van der Waals surface area contributed by atoms with Gasteiger partial charge in [-0.25, -0.2) is 4.98 Å². The first kappa shape index (κ1) is 15.3. The van der Waals surface area contributed by atoms with Gasteiger partial charge < -0.3 is 14.4 Å². The number of hydrogen-bond acceptors (Lipinski definition) is 3. The number of rotatable bonds is 7. The van der Waals surface area contributed by atoms with Crippen LogP contribution in [0.1, 0.15) is 12.0 Å². The number of aryl methyl sites for hydroxylation is 1. The van der Waals surface area contributed by atoms with Gasteiger partial charge in [-0.2, -0.15) is 0 Å². The Balaban J connectivity index is 1.30. The normalized spacial score (nSPS) is 16.9. The van der Waals surface area contributed by atoms with Crippen molar-refractivity contribution in [2.24, 2.45) is 0 Å². The third-order valence-electron chi connectivity index (χ3n) is 4.47. The molecule has 4 nitrogen and oxygen atoms in total. The van der Waals surface area contributed by atoms with E-state index in [4.69, 9.17) is 0 Å². The molecular weight excluding hydrogens is 272 g/mol. The molecule has 4 heteroatoms. The Morgan fingerprint density at radius 2 is 1.59 bits per heavy atom. The summed E-state index contributed by atoms with van der Waals surface area (Å²) in [6.45, 7) is 8.29. The van der Waals surface area contributed by atoms with Gasteiger partial charge >= 0.3 is 0 Å². The summed E-state index contributed by atoms with van der Waals surface area (Å²) in [7, 11) is 0. The van der Waals surface area contributed by atoms with E-state index in [0.29, 0.717) is 0 Å². The van der Waals surface area contributed by atoms with Crippen molar-refractivity contribution < 1.29 is 0 Å². The summed E-state index contributed by atoms with van der Waals surface area (Å²) >= 11 is 0. The molecule has 1 aliphatic heterocycles. The van der Waals surface area contributed by atoms with Crippen LogP contribution in [-0.2, 0) is 13.0 Å². The van der Waals surface area contributed by atoms with Crippen molar-refractivity contribution in [3.8, 4) is 0 Å². The maximum atomic E-state index is 4.09. The largest absolute Gasteiger partial charge is 0.337 e. The Morgan fingerprint density at radius 3 is 2.27 bits per heavy atom. The molecule has 0 spiro atoms. The molecular formula is C18H26N4. The van der Waals surface area contributed by atoms with Gasteiger partial charge in [0, 0.05) is 51.7 Å². The first-order valence-corrected chi connectivity index (χ1v) is 8.34. The molecule has 118 valence electrons. The zero-order valence-corrected chi connectivity index (χ0v) is 13.3. The molecule has 0 unspecified atom stereocenters. The van der Waals surface area contributed by atoms with Gasteiger partial charge in [-0.1, -0.05) is 30.3 Å². The third-order valence-corrected chi connectivity index (χ3v) is 4.47. The van der Waals surface area contributed by atoms with Crippen LogP contribution in [0.2, 0.25) is 0 Å². The van der Waals surface area contributed by atoms with E-state index in [2.05, 4.69) is 49.7 Å². The quantitative estimate of drug-likeness (QED) is 0.783. The average molecular weight is 298 g/mol. The van der Waals surface area contributed by atoms with Crippen LogP contribution in [0.5, 0.6) is 0 Å². The maximum Gasteiger partial charge on any atom is 0.0945 e. The van der Waals surface area contributed by atoms with Crippen molar-refractivity contribution in [1.29, 1.82) is 0 Å². The van der Waals surface area contributed by atoms with Gasteiger partial charge in [-0.3, -0.25) is 0 Å². The van der Waals surface area contributed by atoms with Crippen LogP contribution in [0.15, 0.2) is 49.1 Å². The Kier molecular flexibility index (Phi) is 5.62. The highest BCUT2D eigenvalue weighted by Gasteiger charge is 2.15. The minimum absolute atomic E-state index is 1.08. The van der Waals surface area contributed by atoms with E-state index in [0.717, 1.165) is 6.54 Å². The van der Waals surface area contributed by atoms with Crippen LogP contribution in [0.4, 0.5) is 0 Å². The molecule has 0 radical (unpaired) electrons. The fourth-order valence-corrected chi connectivity index (χ4v) is 3.06. The molecule has 1 saturated heterocycles. The summed E-state index contributed by atoms with van der Waals surface area (Å²) in [5.41, 5.74) is 1.45. The lowest BCUT2D eigenvalue weighted by Gasteiger charge is -2.34. The molecule has 22 heavy (non-hydrogen) atoms. The second-order valence-corrected chi connectivity index (χ2v) is 6.07. The van der Waals surface area contributed by atoms with Crippen LogP contribution >= 0.6 is 0 Å². The number of piperazine rings is 1. The Bertz CT molecular complexity index is 515. The predicted molar refractivity (Wildman–Crippen MR) is 89.9 cm³/mol. The van der Waals surface area contributed by atoms with Crippen molar-refractivity contribution in [2.75, 3.05) is 39.3 Å². The first-order chi connectivity index (χ1) is 10.9. The molecule has 0 amide bonds. The van der Waals surface area contributed by atoms with Crippen molar-refractivity contribution >= 4 is 0 Å². The maximum absolute atomic E-state index is 4.09. The molecule has 2 heterocycles. The minimum Gasteiger partial charge on any atom is -0.337 e. The number of aromatic nitrogens is 2. The number of hydrogen-bond donors (Lipinski definition) is 0. The molecule has 3 rings (SSSR count). The summed E-state index contributed by atoms with van der Waals surface area (Å²) < 4.78 is 2.16. The second-order valence-electron chi connectivity index (χ2n) is 6.07. The lowest BCUT2D eigenvalue weighted by molar-refractivity contribution is 0.131. The van der Waals surface area contributed by atoms with Gasteiger partial charge in [0.25, 0.3) is 0 Å². The topological polar surface area (TPSA) is 24.3 Å². The van der Waals surface area contributed by atoms with Gasteiger partial charge in [0.1, 0.15) is 0 Å². The number of imidazole rings is 1. The van der Waals surface area contributed by atoms with E-state index in [1.165, 1.54) is 57.7 Å². The fourth-order valence-electron chi connectivity index (χ4n) is 3.06. The Labute approximate surface area is 133 Å². The zero-order valence-electron chi connectivity index (χ0n) is 13.3. The lowest BCUT2D eigenvalue weighted by atomic mass is 10.1. The van der Waals surface area contributed by atoms with Crippen LogP contribution in [0.3, 0.4) is 0 Å². The van der Waals surface area contributed by atoms with Crippen LogP contribution in [0, 0.1) is 0 Å². The standard InChI is InChI=1S/C18H26N4/c1-2-5-18(6-3-1)7-11-21-15-13-20(14-16-21)9-4-10-22-12-8-19-17-22/h1-3,5-6,8,12,17H,4,7,9-11,13-16H2. The summed E-state index contributed by atoms with van der Waals surface area (Å²) in [4.78, 5) is 9.28. The molecule has 1 fully saturated rings. The number of nitrogens with zero attached hydrogens (tertiary/aromatic N) is 4. The highest BCUT2D eigenvalue weighted by Crippen LogP contribution is 2.06. The summed E-state index contributed by atoms with van der Waals surface area (Å²) in [5.74, 6) is 0. The van der Waals surface area contributed by atoms with E-state index in [1.807, 2.05) is 18.7 Å². The van der Waals surface area contributed by atoms with Gasteiger partial charge in [0.2, 0.25) is 0 Å². The highest BCUT2D eigenvalue weighted by atomic mass is 15.3. The van der Waals surface area contributed by atoms with Gasteiger partial charge in [-0.05, 0) is 24.9 Å². The van der Waals surface area contributed by atoms with E-state index >= 15 is 0 Å². The van der Waals surface area contributed by atoms with Crippen LogP contribution in [-0.4, -0.2) is 58.6 Å². The number of benzene rings is 1. The molecule has 0 saturated carbocycles. The molecule has 0 bridgehead atoms. The minimum atomic E-state index is 1.08. The fraction of sp³-hybridized carbons (Fsp3) is 0.500.